The molecule has 2 nitrogen and oxygen atoms in total. The zero-order valence-electron chi connectivity index (χ0n) is 8.82. The molecule has 1 aromatic rings. The Bertz CT molecular complexity index is 311. The molecular weight excluding hydrogens is 206 g/mol. The van der Waals surface area contributed by atoms with Gasteiger partial charge in [-0.05, 0) is 37.1 Å². The molecule has 0 radical (unpaired) electrons. The van der Waals surface area contributed by atoms with Gasteiger partial charge in [-0.25, -0.2) is 0 Å². The van der Waals surface area contributed by atoms with Crippen molar-refractivity contribution in [3.63, 3.8) is 0 Å². The summed E-state index contributed by atoms with van der Waals surface area (Å²) in [7, 11) is 0. The van der Waals surface area contributed by atoms with Gasteiger partial charge in [-0.2, -0.15) is 0 Å². The first-order valence-corrected chi connectivity index (χ1v) is 6.71. The monoisotopic (exact) mass is 223 g/mol. The molecule has 3 heterocycles. The minimum Gasteiger partial charge on any atom is -0.373 e. The third-order valence-corrected chi connectivity index (χ3v) is 4.40. The molecule has 0 aromatic carbocycles. The van der Waals surface area contributed by atoms with Crippen LogP contribution in [0.1, 0.15) is 24.1 Å². The minimum absolute atomic E-state index is 0.512. The van der Waals surface area contributed by atoms with E-state index in [1.165, 1.54) is 24.1 Å². The van der Waals surface area contributed by atoms with Crippen molar-refractivity contribution in [1.82, 2.24) is 5.32 Å². The van der Waals surface area contributed by atoms with Gasteiger partial charge in [-0.1, -0.05) is 6.07 Å². The summed E-state index contributed by atoms with van der Waals surface area (Å²) in [4.78, 5) is 1.48. The van der Waals surface area contributed by atoms with Crippen LogP contribution in [0.15, 0.2) is 17.5 Å². The first-order chi connectivity index (χ1) is 7.42. The van der Waals surface area contributed by atoms with Crippen LogP contribution in [0.4, 0.5) is 0 Å². The molecule has 82 valence electrons. The van der Waals surface area contributed by atoms with E-state index in [0.717, 1.165) is 13.0 Å². The summed E-state index contributed by atoms with van der Waals surface area (Å²) < 4.78 is 5.81. The summed E-state index contributed by atoms with van der Waals surface area (Å²) in [6.07, 6.45) is 6.02. The maximum Gasteiger partial charge on any atom is 0.0733 e. The summed E-state index contributed by atoms with van der Waals surface area (Å²) in [5.41, 5.74) is 0. The normalized spacial score (nSPS) is 33.7. The molecular formula is C12H17NOS. The Morgan fingerprint density at radius 1 is 1.47 bits per heavy atom. The molecule has 2 fully saturated rings. The lowest BCUT2D eigenvalue weighted by Crippen LogP contribution is -2.38. The topological polar surface area (TPSA) is 21.3 Å². The number of ether oxygens (including phenoxy) is 1. The number of rotatable bonds is 4. The van der Waals surface area contributed by atoms with Crippen LogP contribution in [0.25, 0.3) is 0 Å². The second-order valence-electron chi connectivity index (χ2n) is 4.50. The minimum atomic E-state index is 0.512. The van der Waals surface area contributed by atoms with Gasteiger partial charge in [0.1, 0.15) is 0 Å². The molecule has 0 saturated carbocycles. The smallest absolute Gasteiger partial charge is 0.0733 e. The SMILES string of the molecule is c1csc(CCNC2CC3CCC2O3)c1. The van der Waals surface area contributed by atoms with E-state index in [2.05, 4.69) is 22.8 Å². The van der Waals surface area contributed by atoms with Crippen molar-refractivity contribution in [3.05, 3.63) is 22.4 Å². The van der Waals surface area contributed by atoms with E-state index < -0.39 is 0 Å². The van der Waals surface area contributed by atoms with E-state index >= 15 is 0 Å². The van der Waals surface area contributed by atoms with Crippen molar-refractivity contribution in [3.8, 4) is 0 Å². The number of nitrogens with one attached hydrogen (secondary N) is 1. The number of hydrogen-bond donors (Lipinski definition) is 1. The summed E-state index contributed by atoms with van der Waals surface area (Å²) >= 11 is 1.85. The molecule has 0 spiro atoms. The Labute approximate surface area is 94.6 Å². The zero-order chi connectivity index (χ0) is 10.1. The van der Waals surface area contributed by atoms with Crippen LogP contribution in [0.2, 0.25) is 0 Å². The van der Waals surface area contributed by atoms with E-state index in [1.807, 2.05) is 11.3 Å². The highest BCUT2D eigenvalue weighted by Gasteiger charge is 2.40. The fourth-order valence-corrected chi connectivity index (χ4v) is 3.40. The third kappa shape index (κ3) is 2.10. The van der Waals surface area contributed by atoms with Gasteiger partial charge in [0.15, 0.2) is 0 Å². The summed E-state index contributed by atoms with van der Waals surface area (Å²) in [6, 6.07) is 4.97. The van der Waals surface area contributed by atoms with Crippen LogP contribution in [0.5, 0.6) is 0 Å². The molecule has 3 atom stereocenters. The lowest BCUT2D eigenvalue weighted by Gasteiger charge is -2.19. The highest BCUT2D eigenvalue weighted by atomic mass is 32.1. The lowest BCUT2D eigenvalue weighted by atomic mass is 9.95. The van der Waals surface area contributed by atoms with Crippen LogP contribution >= 0.6 is 11.3 Å². The summed E-state index contributed by atoms with van der Waals surface area (Å²) in [5, 5.41) is 5.78. The molecule has 0 aliphatic carbocycles. The highest BCUT2D eigenvalue weighted by Crippen LogP contribution is 2.34. The maximum absolute atomic E-state index is 5.81. The number of hydrogen-bond acceptors (Lipinski definition) is 3. The van der Waals surface area contributed by atoms with Crippen molar-refractivity contribution in [2.24, 2.45) is 0 Å². The standard InChI is InChI=1S/C12H17NOS/c1-2-10(15-7-1)5-6-13-11-8-9-3-4-12(11)14-9/h1-2,7,9,11-13H,3-6,8H2. The van der Waals surface area contributed by atoms with E-state index in [4.69, 9.17) is 4.74 Å². The average molecular weight is 223 g/mol. The van der Waals surface area contributed by atoms with Gasteiger partial charge in [-0.3, -0.25) is 0 Å². The van der Waals surface area contributed by atoms with Crippen LogP contribution < -0.4 is 5.32 Å². The van der Waals surface area contributed by atoms with Crippen LogP contribution in [-0.4, -0.2) is 24.8 Å². The summed E-state index contributed by atoms with van der Waals surface area (Å²) in [6.45, 7) is 1.10. The second kappa shape index (κ2) is 4.24. The van der Waals surface area contributed by atoms with Crippen molar-refractivity contribution < 1.29 is 4.74 Å². The Morgan fingerprint density at radius 2 is 2.47 bits per heavy atom. The van der Waals surface area contributed by atoms with Gasteiger partial charge in [0, 0.05) is 17.5 Å². The molecule has 2 bridgehead atoms. The quantitative estimate of drug-likeness (QED) is 0.845. The first kappa shape index (κ1) is 9.82. The molecule has 1 N–H and O–H groups in total. The summed E-state index contributed by atoms with van der Waals surface area (Å²) in [5.74, 6) is 0. The fraction of sp³-hybridized carbons (Fsp3) is 0.667. The third-order valence-electron chi connectivity index (χ3n) is 3.46. The van der Waals surface area contributed by atoms with Gasteiger partial charge >= 0.3 is 0 Å². The molecule has 3 rings (SSSR count). The Morgan fingerprint density at radius 3 is 3.13 bits per heavy atom. The number of fused-ring (bicyclic) bond motifs is 2. The van der Waals surface area contributed by atoms with Gasteiger partial charge in [-0.15, -0.1) is 11.3 Å². The largest absolute Gasteiger partial charge is 0.373 e. The first-order valence-electron chi connectivity index (χ1n) is 5.83. The maximum atomic E-state index is 5.81. The van der Waals surface area contributed by atoms with Gasteiger partial charge in [0.05, 0.1) is 12.2 Å². The second-order valence-corrected chi connectivity index (χ2v) is 5.53. The Kier molecular flexibility index (Phi) is 2.77. The van der Waals surface area contributed by atoms with E-state index in [0.29, 0.717) is 18.2 Å². The molecule has 1 aromatic heterocycles. The van der Waals surface area contributed by atoms with E-state index in [1.54, 1.807) is 0 Å². The van der Waals surface area contributed by atoms with Gasteiger partial charge in [0.25, 0.3) is 0 Å². The van der Waals surface area contributed by atoms with Gasteiger partial charge in [0.2, 0.25) is 0 Å². The molecule has 3 unspecified atom stereocenters. The molecule has 15 heavy (non-hydrogen) atoms. The van der Waals surface area contributed by atoms with Crippen molar-refractivity contribution in [1.29, 1.82) is 0 Å². The van der Waals surface area contributed by atoms with Crippen LogP contribution in [-0.2, 0) is 11.2 Å². The fourth-order valence-electron chi connectivity index (χ4n) is 2.69. The average Bonchev–Trinajstić information content (AvgIpc) is 2.93. The predicted molar refractivity (Wildman–Crippen MR) is 62.3 cm³/mol. The molecule has 0 amide bonds. The van der Waals surface area contributed by atoms with Crippen LogP contribution in [0.3, 0.4) is 0 Å². The molecule has 3 heteroatoms. The zero-order valence-corrected chi connectivity index (χ0v) is 9.63. The molecule has 2 saturated heterocycles. The van der Waals surface area contributed by atoms with Crippen molar-refractivity contribution >= 4 is 11.3 Å². The lowest BCUT2D eigenvalue weighted by molar-refractivity contribution is 0.0975. The van der Waals surface area contributed by atoms with Gasteiger partial charge < -0.3 is 10.1 Å². The predicted octanol–water partition coefficient (Wildman–Crippen LogP) is 2.20. The Hall–Kier alpha value is -0.380. The molecule has 2 aliphatic rings. The number of thiophene rings is 1. The van der Waals surface area contributed by atoms with Crippen molar-refractivity contribution in [2.75, 3.05) is 6.54 Å². The van der Waals surface area contributed by atoms with E-state index in [9.17, 15) is 0 Å². The van der Waals surface area contributed by atoms with Crippen molar-refractivity contribution in [2.45, 2.75) is 43.9 Å². The Balaban J connectivity index is 1.43. The highest BCUT2D eigenvalue weighted by molar-refractivity contribution is 7.09. The van der Waals surface area contributed by atoms with E-state index in [-0.39, 0.29) is 0 Å². The van der Waals surface area contributed by atoms with Crippen LogP contribution in [0, 0.1) is 0 Å². The molecule has 2 aliphatic heterocycles.